The lowest BCUT2D eigenvalue weighted by Gasteiger charge is -2.36. The van der Waals surface area contributed by atoms with Gasteiger partial charge in [-0.15, -0.1) is 0 Å². The van der Waals surface area contributed by atoms with Gasteiger partial charge in [0.1, 0.15) is 0 Å². The van der Waals surface area contributed by atoms with E-state index in [1.165, 1.54) is 0 Å². The van der Waals surface area contributed by atoms with Crippen molar-refractivity contribution in [3.63, 3.8) is 0 Å². The van der Waals surface area contributed by atoms with Crippen molar-refractivity contribution >= 4 is 22.8 Å². The number of rotatable bonds is 2. The number of anilines is 1. The maximum absolute atomic E-state index is 12.0. The fourth-order valence-electron chi connectivity index (χ4n) is 2.77. The molecule has 1 amide bonds. The molecule has 1 aliphatic heterocycles. The van der Waals surface area contributed by atoms with E-state index in [1.54, 1.807) is 6.92 Å². The average molecular weight is 296 g/mol. The molecule has 22 heavy (non-hydrogen) atoms. The number of fused-ring (bicyclic) bond motifs is 1. The van der Waals surface area contributed by atoms with Crippen LogP contribution in [0, 0.1) is 6.92 Å². The van der Waals surface area contributed by atoms with E-state index >= 15 is 0 Å². The first-order valence-electron chi connectivity index (χ1n) is 7.49. The first-order chi connectivity index (χ1) is 10.6. The summed E-state index contributed by atoms with van der Waals surface area (Å²) < 4.78 is 0. The molecule has 1 aliphatic rings. The standard InChI is InChI=1S/C17H20N4O/c1-12(2)17(22)21-10-8-20(9-11-21)16-13(3)18-14-6-4-5-7-15(14)19-16/h4-7H,1,8-11H2,2-3H3. The Kier molecular flexibility index (Phi) is 3.79. The van der Waals surface area contributed by atoms with Crippen LogP contribution < -0.4 is 4.90 Å². The third-order valence-corrected chi connectivity index (χ3v) is 3.95. The van der Waals surface area contributed by atoms with E-state index in [0.29, 0.717) is 18.7 Å². The lowest BCUT2D eigenvalue weighted by molar-refractivity contribution is -0.127. The molecular formula is C17H20N4O. The highest BCUT2D eigenvalue weighted by Gasteiger charge is 2.23. The monoisotopic (exact) mass is 296 g/mol. The van der Waals surface area contributed by atoms with Gasteiger partial charge in [0.05, 0.1) is 16.7 Å². The van der Waals surface area contributed by atoms with Gasteiger partial charge in [-0.05, 0) is 26.0 Å². The topological polar surface area (TPSA) is 49.3 Å². The lowest BCUT2D eigenvalue weighted by atomic mass is 10.2. The summed E-state index contributed by atoms with van der Waals surface area (Å²) in [6, 6.07) is 7.90. The highest BCUT2D eigenvalue weighted by molar-refractivity contribution is 5.92. The molecule has 0 spiro atoms. The van der Waals surface area contributed by atoms with Crippen molar-refractivity contribution in [1.29, 1.82) is 0 Å². The molecule has 1 aromatic carbocycles. The quantitative estimate of drug-likeness (QED) is 0.797. The van der Waals surface area contributed by atoms with E-state index in [1.807, 2.05) is 36.1 Å². The number of amides is 1. The number of aromatic nitrogens is 2. The zero-order chi connectivity index (χ0) is 15.7. The van der Waals surface area contributed by atoms with Crippen LogP contribution in [0.15, 0.2) is 36.4 Å². The Balaban J connectivity index is 1.80. The summed E-state index contributed by atoms with van der Waals surface area (Å²) in [5.74, 6) is 0.960. The zero-order valence-corrected chi connectivity index (χ0v) is 13.0. The van der Waals surface area contributed by atoms with Crippen LogP contribution in [0.3, 0.4) is 0 Å². The predicted molar refractivity (Wildman–Crippen MR) is 87.9 cm³/mol. The first-order valence-corrected chi connectivity index (χ1v) is 7.49. The largest absolute Gasteiger partial charge is 0.352 e. The van der Waals surface area contributed by atoms with Crippen LogP contribution in [-0.2, 0) is 4.79 Å². The molecule has 0 saturated carbocycles. The normalized spacial score (nSPS) is 15.2. The van der Waals surface area contributed by atoms with Crippen molar-refractivity contribution in [1.82, 2.24) is 14.9 Å². The third kappa shape index (κ3) is 2.66. The van der Waals surface area contributed by atoms with Crippen molar-refractivity contribution in [3.05, 3.63) is 42.1 Å². The Hall–Kier alpha value is -2.43. The molecule has 0 atom stereocenters. The second-order valence-electron chi connectivity index (χ2n) is 5.68. The smallest absolute Gasteiger partial charge is 0.249 e. The van der Waals surface area contributed by atoms with E-state index in [9.17, 15) is 4.79 Å². The molecule has 2 heterocycles. The van der Waals surface area contributed by atoms with Crippen molar-refractivity contribution < 1.29 is 4.79 Å². The van der Waals surface area contributed by atoms with Gasteiger partial charge >= 0.3 is 0 Å². The van der Waals surface area contributed by atoms with Gasteiger partial charge in [0.25, 0.3) is 0 Å². The molecular weight excluding hydrogens is 276 g/mol. The fraction of sp³-hybridized carbons (Fsp3) is 0.353. The second-order valence-corrected chi connectivity index (χ2v) is 5.68. The van der Waals surface area contributed by atoms with Crippen LogP contribution in [-0.4, -0.2) is 47.0 Å². The Morgan fingerprint density at radius 2 is 1.68 bits per heavy atom. The van der Waals surface area contributed by atoms with Gasteiger partial charge in [0.2, 0.25) is 5.91 Å². The number of hydrogen-bond donors (Lipinski definition) is 0. The summed E-state index contributed by atoms with van der Waals surface area (Å²) in [5, 5.41) is 0. The lowest BCUT2D eigenvalue weighted by Crippen LogP contribution is -2.49. The molecule has 0 unspecified atom stereocenters. The van der Waals surface area contributed by atoms with Crippen LogP contribution in [0.4, 0.5) is 5.82 Å². The molecule has 0 bridgehead atoms. The molecule has 114 valence electrons. The van der Waals surface area contributed by atoms with E-state index in [0.717, 1.165) is 35.6 Å². The molecule has 1 fully saturated rings. The number of carbonyl (C=O) groups is 1. The highest BCUT2D eigenvalue weighted by atomic mass is 16.2. The molecule has 3 rings (SSSR count). The SMILES string of the molecule is C=C(C)C(=O)N1CCN(c2nc3ccccc3nc2C)CC1. The van der Waals surface area contributed by atoms with Gasteiger partial charge in [-0.2, -0.15) is 0 Å². The number of carbonyl (C=O) groups excluding carboxylic acids is 1. The molecule has 1 saturated heterocycles. The van der Waals surface area contributed by atoms with Crippen molar-refractivity contribution in [3.8, 4) is 0 Å². The summed E-state index contributed by atoms with van der Waals surface area (Å²) in [6.45, 7) is 10.4. The van der Waals surface area contributed by atoms with Crippen LogP contribution in [0.5, 0.6) is 0 Å². The molecule has 5 heteroatoms. The van der Waals surface area contributed by atoms with Crippen LogP contribution >= 0.6 is 0 Å². The summed E-state index contributed by atoms with van der Waals surface area (Å²) in [5.41, 5.74) is 3.34. The van der Waals surface area contributed by atoms with Gasteiger partial charge in [0, 0.05) is 31.8 Å². The summed E-state index contributed by atoms with van der Waals surface area (Å²) >= 11 is 0. The minimum Gasteiger partial charge on any atom is -0.352 e. The summed E-state index contributed by atoms with van der Waals surface area (Å²) in [4.78, 5) is 25.4. The van der Waals surface area contributed by atoms with E-state index < -0.39 is 0 Å². The van der Waals surface area contributed by atoms with Crippen molar-refractivity contribution in [2.75, 3.05) is 31.1 Å². The van der Waals surface area contributed by atoms with Crippen molar-refractivity contribution in [2.45, 2.75) is 13.8 Å². The Morgan fingerprint density at radius 3 is 2.27 bits per heavy atom. The molecule has 0 aliphatic carbocycles. The minimum atomic E-state index is 0.0426. The van der Waals surface area contributed by atoms with Crippen molar-refractivity contribution in [2.24, 2.45) is 0 Å². The third-order valence-electron chi connectivity index (χ3n) is 3.95. The molecule has 0 radical (unpaired) electrons. The van der Waals surface area contributed by atoms with Crippen LogP contribution in [0.25, 0.3) is 11.0 Å². The first kappa shape index (κ1) is 14.5. The molecule has 2 aromatic rings. The van der Waals surface area contributed by atoms with E-state index in [4.69, 9.17) is 4.98 Å². The van der Waals surface area contributed by atoms with Crippen LogP contribution in [0.1, 0.15) is 12.6 Å². The number of hydrogen-bond acceptors (Lipinski definition) is 4. The van der Waals surface area contributed by atoms with Gasteiger partial charge in [0.15, 0.2) is 5.82 Å². The number of aryl methyl sites for hydroxylation is 1. The Labute approximate surface area is 130 Å². The maximum Gasteiger partial charge on any atom is 0.249 e. The van der Waals surface area contributed by atoms with Gasteiger partial charge in [-0.3, -0.25) is 4.79 Å². The van der Waals surface area contributed by atoms with Gasteiger partial charge in [-0.1, -0.05) is 18.7 Å². The maximum atomic E-state index is 12.0. The predicted octanol–water partition coefficient (Wildman–Crippen LogP) is 2.16. The number of benzene rings is 1. The Morgan fingerprint density at radius 1 is 1.09 bits per heavy atom. The van der Waals surface area contributed by atoms with E-state index in [-0.39, 0.29) is 5.91 Å². The second kappa shape index (κ2) is 5.75. The summed E-state index contributed by atoms with van der Waals surface area (Å²) in [7, 11) is 0. The molecule has 0 N–H and O–H groups in total. The number of para-hydroxylation sites is 2. The van der Waals surface area contributed by atoms with Crippen LogP contribution in [0.2, 0.25) is 0 Å². The van der Waals surface area contributed by atoms with Gasteiger partial charge < -0.3 is 9.80 Å². The highest BCUT2D eigenvalue weighted by Crippen LogP contribution is 2.21. The fourth-order valence-corrected chi connectivity index (χ4v) is 2.77. The number of nitrogens with zero attached hydrogens (tertiary/aromatic N) is 4. The minimum absolute atomic E-state index is 0.0426. The average Bonchev–Trinajstić information content (AvgIpc) is 2.53. The van der Waals surface area contributed by atoms with E-state index in [2.05, 4.69) is 16.5 Å². The van der Waals surface area contributed by atoms with Gasteiger partial charge in [-0.25, -0.2) is 9.97 Å². The number of piperazine rings is 1. The zero-order valence-electron chi connectivity index (χ0n) is 13.0. The summed E-state index contributed by atoms with van der Waals surface area (Å²) in [6.07, 6.45) is 0. The molecule has 5 nitrogen and oxygen atoms in total. The molecule has 1 aromatic heterocycles. The Bertz CT molecular complexity index is 733.